The van der Waals surface area contributed by atoms with E-state index in [0.717, 1.165) is 5.88 Å². The Bertz CT molecular complexity index is 70.9. The van der Waals surface area contributed by atoms with Gasteiger partial charge in [-0.15, -0.1) is 11.8 Å². The molecule has 0 radical (unpaired) electrons. The lowest BCUT2D eigenvalue weighted by molar-refractivity contribution is 0.552. The second-order valence-corrected chi connectivity index (χ2v) is 2.20. The normalized spacial score (nSPS) is 15.5. The molecule has 1 nitrogen and oxygen atoms in total. The van der Waals surface area contributed by atoms with Crippen LogP contribution in [0.1, 0.15) is 6.92 Å². The van der Waals surface area contributed by atoms with E-state index in [1.807, 2.05) is 11.8 Å². The lowest BCUT2D eigenvalue weighted by Crippen LogP contribution is -2.02. The third-order valence-corrected chi connectivity index (χ3v) is 1.56. The van der Waals surface area contributed by atoms with E-state index in [1.165, 1.54) is 0 Å². The Morgan fingerprint density at radius 3 is 2.38 bits per heavy atom. The molecule has 0 bridgehead atoms. The number of nitrogens with zero attached hydrogens (tertiary/aromatic N) is 1. The van der Waals surface area contributed by atoms with Crippen LogP contribution in [0.2, 0.25) is 0 Å². The van der Waals surface area contributed by atoms with E-state index in [1.54, 1.807) is 6.92 Å². The molecule has 0 spiro atoms. The van der Waals surface area contributed by atoms with Gasteiger partial charge in [0.05, 0.1) is 19.7 Å². The van der Waals surface area contributed by atoms with Crippen molar-refractivity contribution in [2.24, 2.45) is 0 Å². The van der Waals surface area contributed by atoms with Crippen molar-refractivity contribution in [3.05, 3.63) is 18.5 Å². The SMILES string of the molecule is CN1C=CSC1.[CH2+]C. The van der Waals surface area contributed by atoms with Gasteiger partial charge in [0.2, 0.25) is 0 Å². The molecule has 2 heteroatoms. The molecule has 0 aromatic carbocycles. The third-order valence-electron chi connectivity index (χ3n) is 0.690. The van der Waals surface area contributed by atoms with E-state index in [2.05, 4.69) is 30.5 Å². The van der Waals surface area contributed by atoms with Gasteiger partial charge in [-0.3, -0.25) is 0 Å². The largest absolute Gasteiger partial charge is 0.370 e. The van der Waals surface area contributed by atoms with E-state index >= 15 is 0 Å². The first kappa shape index (κ1) is 7.76. The molecule has 0 atom stereocenters. The van der Waals surface area contributed by atoms with E-state index in [-0.39, 0.29) is 0 Å². The van der Waals surface area contributed by atoms with Gasteiger partial charge in [0.25, 0.3) is 0 Å². The Morgan fingerprint density at radius 2 is 2.25 bits per heavy atom. The highest BCUT2D eigenvalue weighted by atomic mass is 32.2. The maximum Gasteiger partial charge on any atom is 0.0746 e. The first-order valence-corrected chi connectivity index (χ1v) is 3.64. The molecule has 0 aromatic heterocycles. The van der Waals surface area contributed by atoms with Crippen molar-refractivity contribution in [1.82, 2.24) is 4.90 Å². The number of rotatable bonds is 0. The van der Waals surface area contributed by atoms with Crippen LogP contribution in [0.5, 0.6) is 0 Å². The second-order valence-electron chi connectivity index (χ2n) is 1.34. The van der Waals surface area contributed by atoms with Gasteiger partial charge >= 0.3 is 0 Å². The second kappa shape index (κ2) is 4.91. The van der Waals surface area contributed by atoms with Gasteiger partial charge in [-0.1, -0.05) is 0 Å². The number of hydrogen-bond acceptors (Lipinski definition) is 2. The molecule has 0 saturated heterocycles. The molecule has 0 aliphatic carbocycles. The zero-order chi connectivity index (χ0) is 6.41. The molecular weight excluding hydrogens is 118 g/mol. The van der Waals surface area contributed by atoms with Gasteiger partial charge in [0.15, 0.2) is 0 Å². The Hall–Kier alpha value is -0.240. The minimum Gasteiger partial charge on any atom is -0.370 e. The summed E-state index contributed by atoms with van der Waals surface area (Å²) >= 11 is 1.83. The summed E-state index contributed by atoms with van der Waals surface area (Å²) in [7, 11) is 2.07. The predicted octanol–water partition coefficient (Wildman–Crippen LogP) is 1.93. The average Bonchev–Trinajstić information content (AvgIpc) is 2.24. The van der Waals surface area contributed by atoms with Crippen LogP contribution in [-0.2, 0) is 0 Å². The molecule has 0 N–H and O–H groups in total. The molecule has 0 fully saturated rings. The molecule has 0 aromatic rings. The predicted molar refractivity (Wildman–Crippen MR) is 40.4 cm³/mol. The van der Waals surface area contributed by atoms with Crippen molar-refractivity contribution in [3.63, 3.8) is 0 Å². The summed E-state index contributed by atoms with van der Waals surface area (Å²) in [6, 6.07) is 0. The van der Waals surface area contributed by atoms with Crippen molar-refractivity contribution in [3.8, 4) is 0 Å². The van der Waals surface area contributed by atoms with Crippen LogP contribution in [0.4, 0.5) is 0 Å². The minimum absolute atomic E-state index is 1.12. The van der Waals surface area contributed by atoms with Crippen LogP contribution >= 0.6 is 11.8 Å². The fourth-order valence-electron chi connectivity index (χ4n) is 0.351. The Morgan fingerprint density at radius 1 is 1.62 bits per heavy atom. The number of hydrogen-bond donors (Lipinski definition) is 0. The topological polar surface area (TPSA) is 3.24 Å². The maximum atomic E-state index is 3.25. The third kappa shape index (κ3) is 2.86. The fraction of sp³-hybridized carbons (Fsp3) is 0.500. The summed E-state index contributed by atoms with van der Waals surface area (Å²) in [6.45, 7) is 5.00. The molecule has 0 amide bonds. The Balaban J connectivity index is 0.000000222. The van der Waals surface area contributed by atoms with Gasteiger partial charge < -0.3 is 4.90 Å². The smallest absolute Gasteiger partial charge is 0.0746 e. The lowest BCUT2D eigenvalue weighted by Gasteiger charge is -2.01. The molecule has 0 saturated carbocycles. The summed E-state index contributed by atoms with van der Waals surface area (Å²) in [5.74, 6) is 1.12. The summed E-state index contributed by atoms with van der Waals surface area (Å²) in [4.78, 5) is 2.14. The van der Waals surface area contributed by atoms with Crippen LogP contribution in [0.15, 0.2) is 11.6 Å². The summed E-state index contributed by atoms with van der Waals surface area (Å²) in [5.41, 5.74) is 0. The van der Waals surface area contributed by atoms with Crippen LogP contribution in [0, 0.1) is 6.92 Å². The Kier molecular flexibility index (Phi) is 4.76. The monoisotopic (exact) mass is 130 g/mol. The van der Waals surface area contributed by atoms with Crippen molar-refractivity contribution in [2.75, 3.05) is 12.9 Å². The van der Waals surface area contributed by atoms with E-state index in [0.29, 0.717) is 0 Å². The van der Waals surface area contributed by atoms with E-state index in [9.17, 15) is 0 Å². The van der Waals surface area contributed by atoms with Crippen LogP contribution in [0.3, 0.4) is 0 Å². The van der Waals surface area contributed by atoms with Gasteiger partial charge in [0.1, 0.15) is 0 Å². The zero-order valence-corrected chi connectivity index (χ0v) is 6.24. The van der Waals surface area contributed by atoms with Gasteiger partial charge in [0, 0.05) is 13.2 Å². The highest BCUT2D eigenvalue weighted by molar-refractivity contribution is 8.02. The van der Waals surface area contributed by atoms with Gasteiger partial charge in [-0.2, -0.15) is 0 Å². The highest BCUT2D eigenvalue weighted by Crippen LogP contribution is 2.11. The number of thioether (sulfide) groups is 1. The van der Waals surface area contributed by atoms with Crippen molar-refractivity contribution in [1.29, 1.82) is 0 Å². The van der Waals surface area contributed by atoms with Crippen LogP contribution in [0.25, 0.3) is 0 Å². The lowest BCUT2D eigenvalue weighted by atomic mass is 10.9. The molecule has 1 heterocycles. The van der Waals surface area contributed by atoms with Crippen LogP contribution in [-0.4, -0.2) is 17.8 Å². The molecule has 8 heavy (non-hydrogen) atoms. The van der Waals surface area contributed by atoms with Crippen LogP contribution < -0.4 is 0 Å². The van der Waals surface area contributed by atoms with Crippen molar-refractivity contribution >= 4 is 11.8 Å². The summed E-state index contributed by atoms with van der Waals surface area (Å²) in [5, 5.41) is 2.10. The zero-order valence-electron chi connectivity index (χ0n) is 5.42. The first-order valence-electron chi connectivity index (χ1n) is 2.59. The molecule has 46 valence electrons. The highest BCUT2D eigenvalue weighted by Gasteiger charge is 1.93. The average molecular weight is 130 g/mol. The first-order chi connectivity index (χ1) is 3.89. The van der Waals surface area contributed by atoms with E-state index < -0.39 is 0 Å². The van der Waals surface area contributed by atoms with Crippen molar-refractivity contribution in [2.45, 2.75) is 6.92 Å². The van der Waals surface area contributed by atoms with Gasteiger partial charge in [-0.25, -0.2) is 0 Å². The summed E-state index contributed by atoms with van der Waals surface area (Å²) in [6.07, 6.45) is 2.07. The maximum absolute atomic E-state index is 3.25. The molecule has 1 rings (SSSR count). The standard InChI is InChI=1S/C4H7NS.C2H5/c1-5-2-3-6-4-5;1-2/h2-3H,4H2,1H3;1H2,2H3/q;+1. The van der Waals surface area contributed by atoms with Crippen molar-refractivity contribution < 1.29 is 0 Å². The van der Waals surface area contributed by atoms with E-state index in [4.69, 9.17) is 0 Å². The fourth-order valence-corrected chi connectivity index (χ4v) is 1.05. The quantitative estimate of drug-likeness (QED) is 0.461. The minimum atomic E-state index is 1.12. The Labute approximate surface area is 55.8 Å². The van der Waals surface area contributed by atoms with Gasteiger partial charge in [-0.05, 0) is 5.41 Å². The molecule has 1 aliphatic heterocycles. The molecule has 0 unspecified atom stereocenters. The molecular formula is C6H12NS+. The molecule has 1 aliphatic rings. The summed E-state index contributed by atoms with van der Waals surface area (Å²) < 4.78 is 0.